The second kappa shape index (κ2) is 6.85. The van der Waals surface area contributed by atoms with Crippen molar-refractivity contribution in [2.75, 3.05) is 20.6 Å². The molecule has 1 saturated heterocycles. The van der Waals surface area contributed by atoms with Crippen LogP contribution in [0.15, 0.2) is 0 Å². The van der Waals surface area contributed by atoms with Crippen LogP contribution < -0.4 is 0 Å². The number of nitrogens with zero attached hydrogens (tertiary/aromatic N) is 2. The Morgan fingerprint density at radius 2 is 1.75 bits per heavy atom. The van der Waals surface area contributed by atoms with E-state index in [1.807, 2.05) is 11.9 Å². The maximum Gasteiger partial charge on any atom is 0.233 e. The molecule has 3 amide bonds. The zero-order valence-electron chi connectivity index (χ0n) is 15.2. The first-order valence-electron chi connectivity index (χ1n) is 9.48. The predicted octanol–water partition coefficient (Wildman–Crippen LogP) is 2.30. The SMILES string of the molecule is C[C@@H]1CC[C@@H]2C(=O)N(C)C(=O)[C@H]2[C@H]1C(=O)N(C)CC1CCCCC1. The normalized spacial score (nSPS) is 34.4. The lowest BCUT2D eigenvalue weighted by molar-refractivity contribution is -0.147. The number of amides is 3. The molecule has 0 aromatic carbocycles. The van der Waals surface area contributed by atoms with Crippen LogP contribution in [-0.2, 0) is 14.4 Å². The lowest BCUT2D eigenvalue weighted by Gasteiger charge is -2.38. The summed E-state index contributed by atoms with van der Waals surface area (Å²) in [6.45, 7) is 2.85. The van der Waals surface area contributed by atoms with E-state index in [1.54, 1.807) is 7.05 Å². The maximum atomic E-state index is 13.1. The van der Waals surface area contributed by atoms with Crippen LogP contribution in [0.4, 0.5) is 0 Å². The van der Waals surface area contributed by atoms with E-state index in [4.69, 9.17) is 0 Å². The van der Waals surface area contributed by atoms with Crippen LogP contribution in [0.1, 0.15) is 51.9 Å². The molecule has 2 saturated carbocycles. The molecular weight excluding hydrogens is 304 g/mol. The summed E-state index contributed by atoms with van der Waals surface area (Å²) in [6.07, 6.45) is 7.80. The number of hydrogen-bond donors (Lipinski definition) is 0. The fourth-order valence-electron chi connectivity index (χ4n) is 5.09. The number of carbonyl (C=O) groups excluding carboxylic acids is 3. The molecule has 0 bridgehead atoms. The Bertz CT molecular complexity index is 527. The second-order valence-electron chi connectivity index (χ2n) is 8.17. The largest absolute Gasteiger partial charge is 0.345 e. The monoisotopic (exact) mass is 334 g/mol. The Labute approximate surface area is 144 Å². The van der Waals surface area contributed by atoms with E-state index in [2.05, 4.69) is 6.92 Å². The van der Waals surface area contributed by atoms with Gasteiger partial charge in [-0.1, -0.05) is 26.2 Å². The van der Waals surface area contributed by atoms with Gasteiger partial charge in [0.05, 0.1) is 17.8 Å². The molecule has 134 valence electrons. The zero-order chi connectivity index (χ0) is 17.4. The molecule has 1 aliphatic heterocycles. The minimum atomic E-state index is -0.437. The van der Waals surface area contributed by atoms with Gasteiger partial charge in [0.15, 0.2) is 0 Å². The number of imide groups is 1. The zero-order valence-corrected chi connectivity index (χ0v) is 15.2. The highest BCUT2D eigenvalue weighted by Gasteiger charge is 2.55. The van der Waals surface area contributed by atoms with Crippen molar-refractivity contribution in [3.05, 3.63) is 0 Å². The van der Waals surface area contributed by atoms with Gasteiger partial charge in [0, 0.05) is 20.6 Å². The van der Waals surface area contributed by atoms with Crippen molar-refractivity contribution in [1.82, 2.24) is 9.80 Å². The molecule has 4 atom stereocenters. The van der Waals surface area contributed by atoms with Crippen LogP contribution in [0.3, 0.4) is 0 Å². The van der Waals surface area contributed by atoms with Crippen molar-refractivity contribution in [2.24, 2.45) is 29.6 Å². The van der Waals surface area contributed by atoms with E-state index in [0.717, 1.165) is 19.4 Å². The molecule has 2 aliphatic carbocycles. The summed E-state index contributed by atoms with van der Waals surface area (Å²) < 4.78 is 0. The predicted molar refractivity (Wildman–Crippen MR) is 90.9 cm³/mol. The van der Waals surface area contributed by atoms with Crippen molar-refractivity contribution >= 4 is 17.7 Å². The molecule has 3 aliphatic rings. The first kappa shape index (κ1) is 17.4. The molecule has 0 aromatic heterocycles. The lowest BCUT2D eigenvalue weighted by Crippen LogP contribution is -2.47. The van der Waals surface area contributed by atoms with Gasteiger partial charge in [0.2, 0.25) is 17.7 Å². The number of likely N-dealkylation sites (tertiary alicyclic amines) is 1. The minimum absolute atomic E-state index is 0.0687. The second-order valence-corrected chi connectivity index (χ2v) is 8.17. The molecule has 0 radical (unpaired) electrons. The fourth-order valence-corrected chi connectivity index (χ4v) is 5.09. The molecule has 1 heterocycles. The van der Waals surface area contributed by atoms with E-state index < -0.39 is 5.92 Å². The Balaban J connectivity index is 1.74. The summed E-state index contributed by atoms with van der Waals surface area (Å²) in [5.74, 6) is -0.478. The van der Waals surface area contributed by atoms with Crippen LogP contribution in [-0.4, -0.2) is 48.2 Å². The van der Waals surface area contributed by atoms with E-state index in [9.17, 15) is 14.4 Å². The van der Waals surface area contributed by atoms with E-state index in [-0.39, 0.29) is 35.5 Å². The van der Waals surface area contributed by atoms with Crippen LogP contribution in [0.2, 0.25) is 0 Å². The van der Waals surface area contributed by atoms with Gasteiger partial charge in [-0.25, -0.2) is 0 Å². The Morgan fingerprint density at radius 1 is 1.08 bits per heavy atom. The van der Waals surface area contributed by atoms with E-state index >= 15 is 0 Å². The molecular formula is C19H30N2O3. The average molecular weight is 334 g/mol. The quantitative estimate of drug-likeness (QED) is 0.744. The standard InChI is InChI=1S/C19H30N2O3/c1-12-9-10-14-16(19(24)21(3)17(14)22)15(12)18(23)20(2)11-13-7-5-4-6-8-13/h12-16H,4-11H2,1-3H3/t12-,14+,15+,16-/m1/s1. The summed E-state index contributed by atoms with van der Waals surface area (Å²) in [7, 11) is 3.43. The third-order valence-corrected chi connectivity index (χ3v) is 6.55. The van der Waals surface area contributed by atoms with Crippen molar-refractivity contribution in [2.45, 2.75) is 51.9 Å². The molecule has 0 spiro atoms. The van der Waals surface area contributed by atoms with Crippen LogP contribution in [0.5, 0.6) is 0 Å². The molecule has 3 rings (SSSR count). The molecule has 5 nitrogen and oxygen atoms in total. The highest BCUT2D eigenvalue weighted by molar-refractivity contribution is 6.06. The van der Waals surface area contributed by atoms with Crippen LogP contribution >= 0.6 is 0 Å². The van der Waals surface area contributed by atoms with Crippen molar-refractivity contribution in [1.29, 1.82) is 0 Å². The van der Waals surface area contributed by atoms with Gasteiger partial charge in [0.1, 0.15) is 0 Å². The first-order valence-corrected chi connectivity index (χ1v) is 9.48. The van der Waals surface area contributed by atoms with Gasteiger partial charge in [-0.3, -0.25) is 19.3 Å². The van der Waals surface area contributed by atoms with Crippen molar-refractivity contribution < 1.29 is 14.4 Å². The Morgan fingerprint density at radius 3 is 2.42 bits per heavy atom. The summed E-state index contributed by atoms with van der Waals surface area (Å²) in [4.78, 5) is 41.1. The van der Waals surface area contributed by atoms with Gasteiger partial charge in [-0.05, 0) is 37.5 Å². The molecule has 0 unspecified atom stereocenters. The number of fused-ring (bicyclic) bond motifs is 1. The van der Waals surface area contributed by atoms with Gasteiger partial charge in [-0.2, -0.15) is 0 Å². The smallest absolute Gasteiger partial charge is 0.233 e. The third-order valence-electron chi connectivity index (χ3n) is 6.55. The van der Waals surface area contributed by atoms with Crippen molar-refractivity contribution in [3.63, 3.8) is 0 Å². The summed E-state index contributed by atoms with van der Waals surface area (Å²) in [5, 5.41) is 0. The van der Waals surface area contributed by atoms with E-state index in [1.165, 1.54) is 37.0 Å². The minimum Gasteiger partial charge on any atom is -0.345 e. The molecule has 5 heteroatoms. The Hall–Kier alpha value is -1.39. The van der Waals surface area contributed by atoms with Gasteiger partial charge in [0.25, 0.3) is 0 Å². The van der Waals surface area contributed by atoms with Gasteiger partial charge < -0.3 is 4.90 Å². The summed E-state index contributed by atoms with van der Waals surface area (Å²) in [5.41, 5.74) is 0. The van der Waals surface area contributed by atoms with E-state index in [0.29, 0.717) is 5.92 Å². The molecule has 0 aromatic rings. The third kappa shape index (κ3) is 2.98. The highest BCUT2D eigenvalue weighted by Crippen LogP contribution is 2.45. The van der Waals surface area contributed by atoms with Gasteiger partial charge in [-0.15, -0.1) is 0 Å². The number of hydrogen-bond acceptors (Lipinski definition) is 3. The number of carbonyl (C=O) groups is 3. The first-order chi connectivity index (χ1) is 11.4. The summed E-state index contributed by atoms with van der Waals surface area (Å²) >= 11 is 0. The molecule has 24 heavy (non-hydrogen) atoms. The lowest BCUT2D eigenvalue weighted by atomic mass is 9.67. The molecule has 3 fully saturated rings. The van der Waals surface area contributed by atoms with Crippen LogP contribution in [0.25, 0.3) is 0 Å². The maximum absolute atomic E-state index is 13.1. The summed E-state index contributed by atoms with van der Waals surface area (Å²) in [6, 6.07) is 0. The molecule has 0 N–H and O–H groups in total. The fraction of sp³-hybridized carbons (Fsp3) is 0.842. The number of rotatable bonds is 3. The topological polar surface area (TPSA) is 57.7 Å². The highest BCUT2D eigenvalue weighted by atomic mass is 16.2. The average Bonchev–Trinajstić information content (AvgIpc) is 2.79. The van der Waals surface area contributed by atoms with Gasteiger partial charge >= 0.3 is 0 Å². The van der Waals surface area contributed by atoms with Crippen LogP contribution in [0, 0.1) is 29.6 Å². The Kier molecular flexibility index (Phi) is 4.97. The van der Waals surface area contributed by atoms with Crippen molar-refractivity contribution in [3.8, 4) is 0 Å².